The Morgan fingerprint density at radius 3 is 2.33 bits per heavy atom. The van der Waals surface area contributed by atoms with E-state index < -0.39 is 11.2 Å². The minimum atomic E-state index is -0.613. The second kappa shape index (κ2) is 10.9. The van der Waals surface area contributed by atoms with Crippen LogP contribution in [0, 0.1) is 0 Å². The van der Waals surface area contributed by atoms with Gasteiger partial charge >= 0.3 is 5.69 Å². The van der Waals surface area contributed by atoms with E-state index in [2.05, 4.69) is 22.1 Å². The quantitative estimate of drug-likeness (QED) is 0.546. The summed E-state index contributed by atoms with van der Waals surface area (Å²) >= 11 is 0. The number of hydrogen-bond donors (Lipinski definition) is 1. The Kier molecular flexibility index (Phi) is 7.67. The SMILES string of the molecule is CCn1c(=O)[nH]c(=O)c2c(C(=O)N3CCN(C(=O)CCCc4ccccc4)CC3)cc(C(C)C)nc21. The number of fused-ring (bicyclic) bond motifs is 1. The number of aromatic amines is 1. The van der Waals surface area contributed by atoms with Crippen molar-refractivity contribution in [2.75, 3.05) is 26.2 Å². The number of hydrogen-bond acceptors (Lipinski definition) is 5. The minimum absolute atomic E-state index is 0.00556. The first-order valence-electron chi connectivity index (χ1n) is 12.6. The number of rotatable bonds is 7. The monoisotopic (exact) mass is 491 g/mol. The highest BCUT2D eigenvalue weighted by molar-refractivity contribution is 6.05. The van der Waals surface area contributed by atoms with Crippen molar-refractivity contribution < 1.29 is 9.59 Å². The van der Waals surface area contributed by atoms with Gasteiger partial charge in [0, 0.05) is 44.8 Å². The number of aryl methyl sites for hydroxylation is 2. The molecule has 1 aliphatic heterocycles. The second-order valence-corrected chi connectivity index (χ2v) is 9.46. The molecule has 9 nitrogen and oxygen atoms in total. The highest BCUT2D eigenvalue weighted by Crippen LogP contribution is 2.22. The molecule has 190 valence electrons. The van der Waals surface area contributed by atoms with Gasteiger partial charge in [0.2, 0.25) is 5.91 Å². The maximum absolute atomic E-state index is 13.6. The molecule has 1 aromatic carbocycles. The summed E-state index contributed by atoms with van der Waals surface area (Å²) in [4.78, 5) is 61.8. The van der Waals surface area contributed by atoms with Crippen LogP contribution in [0.25, 0.3) is 11.0 Å². The van der Waals surface area contributed by atoms with E-state index in [1.807, 2.05) is 32.0 Å². The molecule has 0 bridgehead atoms. The highest BCUT2D eigenvalue weighted by Gasteiger charge is 2.28. The number of carbonyl (C=O) groups excluding carboxylic acids is 2. The van der Waals surface area contributed by atoms with Crippen molar-refractivity contribution in [1.29, 1.82) is 0 Å². The number of nitrogens with zero attached hydrogens (tertiary/aromatic N) is 4. The molecule has 3 heterocycles. The molecule has 36 heavy (non-hydrogen) atoms. The fourth-order valence-corrected chi connectivity index (χ4v) is 4.63. The average Bonchev–Trinajstić information content (AvgIpc) is 2.88. The number of benzene rings is 1. The maximum Gasteiger partial charge on any atom is 0.329 e. The minimum Gasteiger partial charge on any atom is -0.339 e. The largest absolute Gasteiger partial charge is 0.339 e. The number of pyridine rings is 1. The maximum atomic E-state index is 13.6. The molecule has 2 amide bonds. The van der Waals surface area contributed by atoms with E-state index in [-0.39, 0.29) is 34.3 Å². The molecule has 9 heteroatoms. The van der Waals surface area contributed by atoms with Crippen LogP contribution in [-0.4, -0.2) is 62.3 Å². The zero-order chi connectivity index (χ0) is 25.8. The molecule has 3 aromatic rings. The van der Waals surface area contributed by atoms with E-state index in [1.165, 1.54) is 10.1 Å². The third-order valence-corrected chi connectivity index (χ3v) is 6.73. The van der Waals surface area contributed by atoms with Gasteiger partial charge < -0.3 is 9.80 Å². The number of H-pyrrole nitrogens is 1. The molecule has 1 aliphatic rings. The number of nitrogens with one attached hydrogen (secondary N) is 1. The van der Waals surface area contributed by atoms with Crippen molar-refractivity contribution in [2.45, 2.75) is 52.5 Å². The van der Waals surface area contributed by atoms with Gasteiger partial charge in [0.15, 0.2) is 5.65 Å². The summed E-state index contributed by atoms with van der Waals surface area (Å²) in [7, 11) is 0. The summed E-state index contributed by atoms with van der Waals surface area (Å²) < 4.78 is 1.38. The third-order valence-electron chi connectivity index (χ3n) is 6.73. The number of aromatic nitrogens is 3. The van der Waals surface area contributed by atoms with E-state index in [0.717, 1.165) is 12.8 Å². The highest BCUT2D eigenvalue weighted by atomic mass is 16.2. The lowest BCUT2D eigenvalue weighted by Crippen LogP contribution is -2.50. The van der Waals surface area contributed by atoms with Crippen molar-refractivity contribution in [1.82, 2.24) is 24.3 Å². The standard InChI is InChI=1S/C27H33N5O4/c1-4-32-24-23(25(34)29-27(32)36)20(17-21(28-24)18(2)3)26(35)31-15-13-30(14-16-31)22(33)12-8-11-19-9-6-5-7-10-19/h5-7,9-10,17-18H,4,8,11-16H2,1-3H3,(H,29,34,36). The van der Waals surface area contributed by atoms with Gasteiger partial charge in [-0.15, -0.1) is 0 Å². The molecule has 4 rings (SSSR count). The average molecular weight is 492 g/mol. The van der Waals surface area contributed by atoms with Crippen LogP contribution in [0.1, 0.15) is 61.1 Å². The number of piperazine rings is 1. The molecule has 1 fully saturated rings. The second-order valence-electron chi connectivity index (χ2n) is 9.46. The fourth-order valence-electron chi connectivity index (χ4n) is 4.63. The van der Waals surface area contributed by atoms with E-state index in [1.54, 1.807) is 22.8 Å². The number of amides is 2. The van der Waals surface area contributed by atoms with Gasteiger partial charge in [0.05, 0.1) is 10.9 Å². The smallest absolute Gasteiger partial charge is 0.329 e. The van der Waals surface area contributed by atoms with E-state index >= 15 is 0 Å². The Labute approximate surface area is 209 Å². The molecule has 1 N–H and O–H groups in total. The molecule has 0 spiro atoms. The van der Waals surface area contributed by atoms with Crippen LogP contribution in [0.2, 0.25) is 0 Å². The van der Waals surface area contributed by atoms with Crippen molar-refractivity contribution >= 4 is 22.8 Å². The Balaban J connectivity index is 1.49. The van der Waals surface area contributed by atoms with E-state index in [0.29, 0.717) is 44.8 Å². The Morgan fingerprint density at radius 1 is 1.03 bits per heavy atom. The lowest BCUT2D eigenvalue weighted by molar-refractivity contribution is -0.132. The molecule has 1 saturated heterocycles. The summed E-state index contributed by atoms with van der Waals surface area (Å²) in [6.45, 7) is 7.68. The first-order chi connectivity index (χ1) is 17.3. The molecule has 0 aliphatic carbocycles. The molecule has 0 atom stereocenters. The van der Waals surface area contributed by atoms with Gasteiger partial charge in [0.25, 0.3) is 11.5 Å². The van der Waals surface area contributed by atoms with Crippen molar-refractivity contribution in [3.05, 3.63) is 74.1 Å². The predicted molar refractivity (Wildman–Crippen MR) is 138 cm³/mol. The van der Waals surface area contributed by atoms with Crippen molar-refractivity contribution in [2.24, 2.45) is 0 Å². The van der Waals surface area contributed by atoms with Gasteiger partial charge in [-0.05, 0) is 37.3 Å². The predicted octanol–water partition coefficient (Wildman–Crippen LogP) is 2.54. The van der Waals surface area contributed by atoms with Gasteiger partial charge in [-0.2, -0.15) is 0 Å². The van der Waals surface area contributed by atoms with Crippen molar-refractivity contribution in [3.8, 4) is 0 Å². The number of carbonyl (C=O) groups is 2. The van der Waals surface area contributed by atoms with Gasteiger partial charge in [-0.3, -0.25) is 23.9 Å². The molecular formula is C27H33N5O4. The summed E-state index contributed by atoms with van der Waals surface area (Å²) in [5, 5.41) is 0.130. The lowest BCUT2D eigenvalue weighted by Gasteiger charge is -2.35. The summed E-state index contributed by atoms with van der Waals surface area (Å²) in [5.74, 6) is -0.184. The summed E-state index contributed by atoms with van der Waals surface area (Å²) in [6.07, 6.45) is 2.11. The van der Waals surface area contributed by atoms with Crippen molar-refractivity contribution in [3.63, 3.8) is 0 Å². The Bertz CT molecular complexity index is 1370. The zero-order valence-electron chi connectivity index (χ0n) is 21.1. The summed E-state index contributed by atoms with van der Waals surface area (Å²) in [6, 6.07) is 11.8. The first-order valence-corrected chi connectivity index (χ1v) is 12.6. The van der Waals surface area contributed by atoms with E-state index in [9.17, 15) is 19.2 Å². The lowest BCUT2D eigenvalue weighted by atomic mass is 10.0. The van der Waals surface area contributed by atoms with Crippen LogP contribution in [-0.2, 0) is 17.8 Å². The van der Waals surface area contributed by atoms with Crippen LogP contribution in [0.15, 0.2) is 46.0 Å². The van der Waals surface area contributed by atoms with Crippen LogP contribution < -0.4 is 11.2 Å². The van der Waals surface area contributed by atoms with Gasteiger partial charge in [-0.25, -0.2) is 9.78 Å². The molecular weight excluding hydrogens is 458 g/mol. The third kappa shape index (κ3) is 5.24. The Hall–Kier alpha value is -3.75. The molecule has 0 radical (unpaired) electrons. The van der Waals surface area contributed by atoms with Gasteiger partial charge in [0.1, 0.15) is 0 Å². The first kappa shape index (κ1) is 25.3. The van der Waals surface area contributed by atoms with Crippen LogP contribution in [0.3, 0.4) is 0 Å². The zero-order valence-corrected chi connectivity index (χ0v) is 21.1. The Morgan fingerprint density at radius 2 is 1.69 bits per heavy atom. The molecule has 2 aromatic heterocycles. The van der Waals surface area contributed by atoms with E-state index in [4.69, 9.17) is 0 Å². The van der Waals surface area contributed by atoms with Gasteiger partial charge in [-0.1, -0.05) is 44.2 Å². The topological polar surface area (TPSA) is 108 Å². The molecule has 0 unspecified atom stereocenters. The van der Waals surface area contributed by atoms with Crippen LogP contribution >= 0.6 is 0 Å². The summed E-state index contributed by atoms with van der Waals surface area (Å²) in [5.41, 5.74) is 1.18. The van der Waals surface area contributed by atoms with Crippen LogP contribution in [0.5, 0.6) is 0 Å². The molecule has 0 saturated carbocycles. The van der Waals surface area contributed by atoms with Crippen LogP contribution in [0.4, 0.5) is 0 Å². The fraction of sp³-hybridized carbons (Fsp3) is 0.444. The normalized spacial score (nSPS) is 14.0.